The van der Waals surface area contributed by atoms with Crippen LogP contribution < -0.4 is 0 Å². The van der Waals surface area contributed by atoms with E-state index in [0.29, 0.717) is 3.92 Å². The molecular formula is C16H28I2N2O4Zn. The molecule has 6 nitrogen and oxygen atoms in total. The molecule has 2 aliphatic heterocycles. The summed E-state index contributed by atoms with van der Waals surface area (Å²) in [6, 6.07) is 0. The second kappa shape index (κ2) is 11.5. The summed E-state index contributed by atoms with van der Waals surface area (Å²) in [6.07, 6.45) is 1.64. The molecule has 2 heterocycles. The summed E-state index contributed by atoms with van der Waals surface area (Å²) in [4.78, 5) is 25.8. The van der Waals surface area contributed by atoms with Gasteiger partial charge in [-0.1, -0.05) is 22.6 Å². The first-order chi connectivity index (χ1) is 11.4. The van der Waals surface area contributed by atoms with Crippen LogP contribution >= 0.6 is 42.3 Å². The van der Waals surface area contributed by atoms with E-state index in [4.69, 9.17) is 9.47 Å². The zero-order chi connectivity index (χ0) is 19.8. The van der Waals surface area contributed by atoms with E-state index in [2.05, 4.69) is 42.3 Å². The number of rotatable bonds is 0. The zero-order valence-electron chi connectivity index (χ0n) is 16.0. The summed E-state index contributed by atoms with van der Waals surface area (Å²) in [5, 5.41) is 0. The van der Waals surface area contributed by atoms with Crippen LogP contribution in [0, 0.1) is 6.42 Å². The van der Waals surface area contributed by atoms with Gasteiger partial charge in [0.1, 0.15) is 11.2 Å². The molecule has 0 atom stereocenters. The number of carbonyl (C=O) groups is 2. The van der Waals surface area contributed by atoms with Gasteiger partial charge >= 0.3 is 46.7 Å². The Balaban J connectivity index is 0.000000421. The molecule has 2 amide bonds. The fourth-order valence-corrected chi connectivity index (χ4v) is 2.59. The van der Waals surface area contributed by atoms with Gasteiger partial charge in [0, 0.05) is 17.0 Å². The van der Waals surface area contributed by atoms with Crippen molar-refractivity contribution in [2.24, 2.45) is 0 Å². The molecule has 2 saturated heterocycles. The molecule has 0 aromatic heterocycles. The minimum absolute atomic E-state index is 0.185. The van der Waals surface area contributed by atoms with E-state index >= 15 is 0 Å². The van der Waals surface area contributed by atoms with Crippen molar-refractivity contribution in [3.8, 4) is 0 Å². The molecule has 0 unspecified atom stereocenters. The molecule has 0 saturated carbocycles. The van der Waals surface area contributed by atoms with Crippen LogP contribution in [0.4, 0.5) is 9.59 Å². The number of ether oxygens (including phenoxy) is 2. The predicted molar refractivity (Wildman–Crippen MR) is 112 cm³/mol. The van der Waals surface area contributed by atoms with Gasteiger partial charge in [-0.15, -0.1) is 13.1 Å². The maximum absolute atomic E-state index is 11.3. The number of alkyl halides is 1. The van der Waals surface area contributed by atoms with Gasteiger partial charge in [0.2, 0.25) is 0 Å². The third-order valence-electron chi connectivity index (χ3n) is 2.84. The van der Waals surface area contributed by atoms with E-state index < -0.39 is 0 Å². The van der Waals surface area contributed by atoms with Gasteiger partial charge in [-0.05, 0) is 41.5 Å². The van der Waals surface area contributed by atoms with E-state index in [1.807, 2.05) is 48.0 Å². The molecular weight excluding hydrogens is 603 g/mol. The van der Waals surface area contributed by atoms with Crippen LogP contribution in [0.3, 0.4) is 0 Å². The second-order valence-electron chi connectivity index (χ2n) is 7.66. The number of hydrogen-bond donors (Lipinski definition) is 0. The SMILES string of the molecule is CC(C)(C)OC(=O)N1CC(I)C1.CC(C)(C)OC(=O)N1C[CH-]C1.[Zn+][I]. The van der Waals surface area contributed by atoms with Crippen LogP contribution in [-0.2, 0) is 24.3 Å². The van der Waals surface area contributed by atoms with Crippen molar-refractivity contribution in [2.45, 2.75) is 56.7 Å². The molecule has 9 heteroatoms. The average molecular weight is 632 g/mol. The van der Waals surface area contributed by atoms with Gasteiger partial charge in [0.25, 0.3) is 0 Å². The first-order valence-corrected chi connectivity index (χ1v) is 18.3. The minimum atomic E-state index is -0.368. The molecule has 0 aromatic carbocycles. The third-order valence-corrected chi connectivity index (χ3v) is 3.63. The molecule has 142 valence electrons. The number of halogens is 2. The molecule has 0 bridgehead atoms. The van der Waals surface area contributed by atoms with Crippen LogP contribution in [-0.4, -0.2) is 63.3 Å². The fourth-order valence-electron chi connectivity index (χ4n) is 1.63. The molecule has 2 aliphatic rings. The first kappa shape index (κ1) is 25.6. The summed E-state index contributed by atoms with van der Waals surface area (Å²) in [7, 11) is 0. The number of nitrogens with zero attached hydrogens (tertiary/aromatic N) is 2. The maximum atomic E-state index is 11.3. The average Bonchev–Trinajstić information content (AvgIpc) is 2.31. The zero-order valence-corrected chi connectivity index (χ0v) is 23.3. The Morgan fingerprint density at radius 1 is 0.920 bits per heavy atom. The fraction of sp³-hybridized carbons (Fsp3) is 0.812. The Hall–Kier alpha value is 0.623. The Kier molecular flexibility index (Phi) is 11.7. The number of likely N-dealkylation sites (tertiary alicyclic amines) is 2. The van der Waals surface area contributed by atoms with Gasteiger partial charge in [-0.3, -0.25) is 6.42 Å². The standard InChI is InChI=1S/C8H14INO2.C8H14NO2.HI.Zn/c1-8(2,3)12-7(11)10-4-6(9)5-10;1-8(2,3)11-7(10)9-5-4-6-9;;/h6H,4-5H2,1-3H3;4H,5-6H2,1-3H3;1H;/q;-1;;+2/p-1. The van der Waals surface area contributed by atoms with E-state index in [1.54, 1.807) is 9.80 Å². The molecule has 0 aromatic rings. The molecule has 2 rings (SSSR count). The normalized spacial score (nSPS) is 17.0. The molecule has 0 N–H and O–H groups in total. The van der Waals surface area contributed by atoms with Crippen molar-refractivity contribution in [3.05, 3.63) is 6.42 Å². The predicted octanol–water partition coefficient (Wildman–Crippen LogP) is 4.37. The van der Waals surface area contributed by atoms with Gasteiger partial charge in [-0.25, -0.2) is 9.59 Å². The molecule has 0 aliphatic carbocycles. The van der Waals surface area contributed by atoms with E-state index in [9.17, 15) is 9.59 Å². The van der Waals surface area contributed by atoms with Gasteiger partial charge in [0.15, 0.2) is 0 Å². The van der Waals surface area contributed by atoms with Crippen LogP contribution in [0.25, 0.3) is 0 Å². The third kappa shape index (κ3) is 11.8. The van der Waals surface area contributed by atoms with Crippen molar-refractivity contribution >= 4 is 54.5 Å². The van der Waals surface area contributed by atoms with Crippen molar-refractivity contribution < 1.29 is 33.9 Å². The van der Waals surface area contributed by atoms with E-state index in [1.165, 1.54) is 14.8 Å². The summed E-state index contributed by atoms with van der Waals surface area (Å²) < 4.78 is 10.9. The van der Waals surface area contributed by atoms with Crippen LogP contribution in [0.1, 0.15) is 41.5 Å². The molecule has 0 radical (unpaired) electrons. The first-order valence-electron chi connectivity index (χ1n) is 8.06. The van der Waals surface area contributed by atoms with Crippen LogP contribution in [0.15, 0.2) is 0 Å². The number of carbonyl (C=O) groups excluding carboxylic acids is 2. The molecule has 0 spiro atoms. The summed E-state index contributed by atoms with van der Waals surface area (Å²) >= 11 is 5.95. The van der Waals surface area contributed by atoms with E-state index in [-0.39, 0.29) is 23.4 Å². The van der Waals surface area contributed by atoms with Crippen LogP contribution in [0.2, 0.25) is 0 Å². The summed E-state index contributed by atoms with van der Waals surface area (Å²) in [6.45, 7) is 14.4. The number of amides is 2. The monoisotopic (exact) mass is 630 g/mol. The van der Waals surface area contributed by atoms with Crippen LogP contribution in [0.5, 0.6) is 0 Å². The Labute approximate surface area is 186 Å². The van der Waals surface area contributed by atoms with Gasteiger partial charge in [-0.2, -0.15) is 0 Å². The Morgan fingerprint density at radius 3 is 1.52 bits per heavy atom. The van der Waals surface area contributed by atoms with Crippen molar-refractivity contribution in [1.82, 2.24) is 9.80 Å². The molecule has 2 fully saturated rings. The summed E-state index contributed by atoms with van der Waals surface area (Å²) in [5.74, 6) is 0. The quantitative estimate of drug-likeness (QED) is 0.173. The Bertz CT molecular complexity index is 429. The van der Waals surface area contributed by atoms with Crippen molar-refractivity contribution in [2.75, 3.05) is 26.2 Å². The van der Waals surface area contributed by atoms with Gasteiger partial charge in [0.05, 0.1) is 0 Å². The molecule has 25 heavy (non-hydrogen) atoms. The van der Waals surface area contributed by atoms with Crippen molar-refractivity contribution in [3.63, 3.8) is 0 Å². The van der Waals surface area contributed by atoms with E-state index in [0.717, 1.165) is 26.2 Å². The number of hydrogen-bond acceptors (Lipinski definition) is 4. The van der Waals surface area contributed by atoms with Crippen molar-refractivity contribution in [1.29, 1.82) is 0 Å². The topological polar surface area (TPSA) is 59.1 Å². The second-order valence-corrected chi connectivity index (χ2v) is 9.42. The van der Waals surface area contributed by atoms with Gasteiger partial charge < -0.3 is 19.3 Å². The summed E-state index contributed by atoms with van der Waals surface area (Å²) in [5.41, 5.74) is -0.736. The Morgan fingerprint density at radius 2 is 1.28 bits per heavy atom.